The van der Waals surface area contributed by atoms with Gasteiger partial charge in [0.2, 0.25) is 0 Å². The van der Waals surface area contributed by atoms with Crippen molar-refractivity contribution in [3.63, 3.8) is 0 Å². The van der Waals surface area contributed by atoms with Crippen molar-refractivity contribution < 1.29 is 19.0 Å². The van der Waals surface area contributed by atoms with Crippen LogP contribution in [0, 0.1) is 5.41 Å². The summed E-state index contributed by atoms with van der Waals surface area (Å²) in [6.07, 6.45) is 55.4. The molecule has 326 valence electrons. The van der Waals surface area contributed by atoms with Gasteiger partial charge >= 0.3 is 6.09 Å². The molecular weight excluding hydrogens is 715 g/mol. The molecule has 3 fully saturated rings. The maximum atomic E-state index is 12.9. The summed E-state index contributed by atoms with van der Waals surface area (Å²) in [5.74, 6) is -0.466. The first-order valence-corrected chi connectivity index (χ1v) is 24.5. The minimum Gasteiger partial charge on any atom is -0.445 e. The van der Waals surface area contributed by atoms with Crippen molar-refractivity contribution in [1.82, 2.24) is 4.90 Å². The molecular formula is C53H85NO4. The highest BCUT2D eigenvalue weighted by Crippen LogP contribution is 2.56. The number of carbonyl (C=O) groups is 1. The first-order valence-electron chi connectivity index (χ1n) is 24.5. The molecule has 0 aromatic heterocycles. The van der Waals surface area contributed by atoms with Crippen LogP contribution in [0.2, 0.25) is 0 Å². The number of likely N-dealkylation sites (tertiary alicyclic amines) is 1. The molecule has 58 heavy (non-hydrogen) atoms. The lowest BCUT2D eigenvalue weighted by molar-refractivity contribution is -0.182. The molecule has 2 heterocycles. The molecule has 0 bridgehead atoms. The monoisotopic (exact) mass is 800 g/mol. The Morgan fingerprint density at radius 2 is 1.05 bits per heavy atom. The number of nitrogens with zero attached hydrogens (tertiary/aromatic N) is 1. The first-order chi connectivity index (χ1) is 28.6. The lowest BCUT2D eigenvalue weighted by Crippen LogP contribution is -2.37. The summed E-state index contributed by atoms with van der Waals surface area (Å²) >= 11 is 0. The van der Waals surface area contributed by atoms with Crippen molar-refractivity contribution >= 4 is 6.09 Å². The fraction of sp³-hybridized carbons (Fsp3) is 0.717. The molecule has 1 aromatic rings. The number of rotatable bonds is 32. The van der Waals surface area contributed by atoms with E-state index in [-0.39, 0.29) is 18.3 Å². The maximum absolute atomic E-state index is 12.9. The van der Waals surface area contributed by atoms with Crippen LogP contribution in [-0.4, -0.2) is 42.1 Å². The molecule has 1 aromatic carbocycles. The summed E-state index contributed by atoms with van der Waals surface area (Å²) in [6, 6.07) is 9.89. The van der Waals surface area contributed by atoms with Crippen molar-refractivity contribution in [3.8, 4) is 0 Å². The summed E-state index contributed by atoms with van der Waals surface area (Å²) in [7, 11) is 0. The highest BCUT2D eigenvalue weighted by Gasteiger charge is 2.58. The van der Waals surface area contributed by atoms with Crippen LogP contribution in [0.1, 0.15) is 206 Å². The van der Waals surface area contributed by atoms with E-state index in [1.807, 2.05) is 30.3 Å². The van der Waals surface area contributed by atoms with E-state index in [0.717, 1.165) is 31.2 Å². The van der Waals surface area contributed by atoms with Crippen molar-refractivity contribution in [1.29, 1.82) is 0 Å². The Bertz CT molecular complexity index is 1250. The number of unbranched alkanes of at least 4 members (excludes halogenated alkanes) is 18. The molecule has 0 N–H and O–H groups in total. The Hall–Kier alpha value is -2.63. The lowest BCUT2D eigenvalue weighted by atomic mass is 9.76. The van der Waals surface area contributed by atoms with Gasteiger partial charge in [0, 0.05) is 12.8 Å². The molecule has 3 atom stereocenters. The Morgan fingerprint density at radius 1 is 0.603 bits per heavy atom. The van der Waals surface area contributed by atoms with Gasteiger partial charge in [0.1, 0.15) is 18.8 Å². The van der Waals surface area contributed by atoms with E-state index in [0.29, 0.717) is 25.1 Å². The van der Waals surface area contributed by atoms with Crippen LogP contribution in [0.25, 0.3) is 0 Å². The zero-order chi connectivity index (χ0) is 40.8. The van der Waals surface area contributed by atoms with Crippen LogP contribution in [0.3, 0.4) is 0 Å². The second kappa shape index (κ2) is 29.6. The fourth-order valence-electron chi connectivity index (χ4n) is 9.44. The molecule has 1 amide bonds. The second-order valence-corrected chi connectivity index (χ2v) is 18.0. The van der Waals surface area contributed by atoms with Gasteiger partial charge in [-0.1, -0.05) is 183 Å². The Morgan fingerprint density at radius 3 is 1.53 bits per heavy atom. The van der Waals surface area contributed by atoms with E-state index in [9.17, 15) is 4.79 Å². The highest BCUT2D eigenvalue weighted by atomic mass is 16.8. The quantitative estimate of drug-likeness (QED) is 0.0538. The number of allylic oxidation sites excluding steroid dienone is 8. The van der Waals surface area contributed by atoms with Gasteiger partial charge in [-0.2, -0.15) is 0 Å². The predicted molar refractivity (Wildman–Crippen MR) is 245 cm³/mol. The number of hydrogen-bond donors (Lipinski definition) is 0. The van der Waals surface area contributed by atoms with Crippen LogP contribution < -0.4 is 0 Å². The first kappa shape index (κ1) is 48.0. The number of benzene rings is 1. The fourth-order valence-corrected chi connectivity index (χ4v) is 9.44. The van der Waals surface area contributed by atoms with E-state index in [2.05, 4.69) is 62.5 Å². The van der Waals surface area contributed by atoms with E-state index < -0.39 is 5.79 Å². The maximum Gasteiger partial charge on any atom is 0.410 e. The number of fused-ring (bicyclic) bond motifs is 1. The molecule has 4 rings (SSSR count). The SMILES string of the molecule is CCCCC/C=C\C/C=C\CCCCCCCCC1(CCCCCCCC/C=C\C/C=C\CCCCC)CCC2(C1)O[C@H]1CN(C(=O)OCc3ccccc3)C[C@H]1O2. The predicted octanol–water partition coefficient (Wildman–Crippen LogP) is 15.7. The molecule has 0 radical (unpaired) electrons. The third-order valence-electron chi connectivity index (χ3n) is 12.9. The Balaban J connectivity index is 1.13. The van der Waals surface area contributed by atoms with Gasteiger partial charge in [-0.3, -0.25) is 0 Å². The summed E-state index contributed by atoms with van der Waals surface area (Å²) in [5, 5.41) is 0. The summed E-state index contributed by atoms with van der Waals surface area (Å²) in [5.41, 5.74) is 1.32. The van der Waals surface area contributed by atoms with E-state index in [4.69, 9.17) is 14.2 Å². The van der Waals surface area contributed by atoms with Gasteiger partial charge < -0.3 is 19.1 Å². The van der Waals surface area contributed by atoms with Gasteiger partial charge in [-0.25, -0.2) is 4.79 Å². The number of amides is 1. The zero-order valence-electron chi connectivity index (χ0n) is 37.4. The zero-order valence-corrected chi connectivity index (χ0v) is 37.4. The van der Waals surface area contributed by atoms with E-state index in [1.165, 1.54) is 161 Å². The molecule has 5 nitrogen and oxygen atoms in total. The number of carbonyl (C=O) groups excluding carboxylic acids is 1. The molecule has 1 aliphatic carbocycles. The minimum absolute atomic E-state index is 0.0520. The van der Waals surface area contributed by atoms with Gasteiger partial charge in [0.05, 0.1) is 13.1 Å². The molecule has 1 saturated carbocycles. The van der Waals surface area contributed by atoms with Crippen LogP contribution in [0.4, 0.5) is 4.79 Å². The standard InChI is InChI=1S/C53H85NO4/c1-3-5-7-9-11-13-15-17-19-21-23-25-27-29-31-36-40-52(41-37-32-30-28-26-24-22-20-18-16-14-12-10-8-6-4-2)42-43-53(47-52)57-49-44-54(45-50(49)58-53)51(55)56-46-48-38-34-33-35-39-48/h11-14,17-20,33-35,38-39,49-50H,3-10,15-16,21-32,36-37,40-47H2,1-2H3/b13-11-,14-12-,19-17-,20-18-/t49-,50+,53?. The van der Waals surface area contributed by atoms with Crippen molar-refractivity contribution in [2.24, 2.45) is 5.41 Å². The molecule has 2 saturated heterocycles. The van der Waals surface area contributed by atoms with Gasteiger partial charge in [0.15, 0.2) is 5.79 Å². The van der Waals surface area contributed by atoms with Gasteiger partial charge in [-0.15, -0.1) is 0 Å². The molecule has 1 unspecified atom stereocenters. The molecule has 1 spiro atoms. The topological polar surface area (TPSA) is 48.0 Å². The molecule has 3 aliphatic rings. The normalized spacial score (nSPS) is 21.6. The third-order valence-corrected chi connectivity index (χ3v) is 12.9. The summed E-state index contributed by atoms with van der Waals surface area (Å²) in [4.78, 5) is 14.7. The van der Waals surface area contributed by atoms with Crippen molar-refractivity contribution in [2.75, 3.05) is 13.1 Å². The average Bonchev–Trinajstić information content (AvgIpc) is 3.91. The molecule has 2 aliphatic heterocycles. The van der Waals surface area contributed by atoms with E-state index >= 15 is 0 Å². The average molecular weight is 800 g/mol. The highest BCUT2D eigenvalue weighted by molar-refractivity contribution is 5.68. The second-order valence-electron chi connectivity index (χ2n) is 18.0. The van der Waals surface area contributed by atoms with E-state index in [1.54, 1.807) is 4.90 Å². The van der Waals surface area contributed by atoms with Crippen molar-refractivity contribution in [2.45, 2.75) is 225 Å². The minimum atomic E-state index is -0.466. The van der Waals surface area contributed by atoms with Crippen molar-refractivity contribution in [3.05, 3.63) is 84.5 Å². The van der Waals surface area contributed by atoms with Crippen LogP contribution in [0.5, 0.6) is 0 Å². The van der Waals surface area contributed by atoms with Crippen LogP contribution in [-0.2, 0) is 20.8 Å². The van der Waals surface area contributed by atoms with Crippen LogP contribution >= 0.6 is 0 Å². The number of ether oxygens (including phenoxy) is 3. The number of hydrogen-bond acceptors (Lipinski definition) is 4. The van der Waals surface area contributed by atoms with Gasteiger partial charge in [0.25, 0.3) is 0 Å². The smallest absolute Gasteiger partial charge is 0.410 e. The third kappa shape index (κ3) is 19.2. The Kier molecular flexibility index (Phi) is 24.5. The summed E-state index contributed by atoms with van der Waals surface area (Å²) in [6.45, 7) is 5.95. The molecule has 5 heteroatoms. The Labute approximate surface area is 356 Å². The van der Waals surface area contributed by atoms with Crippen LogP contribution in [0.15, 0.2) is 78.9 Å². The van der Waals surface area contributed by atoms with Gasteiger partial charge in [-0.05, 0) is 94.4 Å². The summed E-state index contributed by atoms with van der Waals surface area (Å²) < 4.78 is 19.3. The lowest BCUT2D eigenvalue weighted by Gasteiger charge is -2.32. The largest absolute Gasteiger partial charge is 0.445 e.